The van der Waals surface area contributed by atoms with Crippen LogP contribution in [0.15, 0.2) is 18.2 Å². The molecule has 3 unspecified atom stereocenters. The third kappa shape index (κ3) is 2.64. The molecule has 2 saturated carbocycles. The van der Waals surface area contributed by atoms with Gasteiger partial charge in [0.1, 0.15) is 0 Å². The molecule has 3 rings (SSSR count). The molecule has 0 heterocycles. The second-order valence-electron chi connectivity index (χ2n) is 6.04. The molecule has 3 nitrogen and oxygen atoms in total. The fraction of sp³-hybridized carbons (Fsp3) is 0.647. The number of fused-ring (bicyclic) bond motifs is 2. The van der Waals surface area contributed by atoms with Gasteiger partial charge in [-0.25, -0.2) is 0 Å². The van der Waals surface area contributed by atoms with Gasteiger partial charge in [-0.15, -0.1) is 0 Å². The molecule has 2 fully saturated rings. The van der Waals surface area contributed by atoms with Crippen molar-refractivity contribution in [1.82, 2.24) is 5.32 Å². The zero-order valence-corrected chi connectivity index (χ0v) is 12.5. The maximum Gasteiger partial charge on any atom is 0.165 e. The second-order valence-corrected chi connectivity index (χ2v) is 6.04. The van der Waals surface area contributed by atoms with Crippen LogP contribution in [-0.4, -0.2) is 19.8 Å². The summed E-state index contributed by atoms with van der Waals surface area (Å²) < 4.78 is 11.2. The van der Waals surface area contributed by atoms with Gasteiger partial charge in [0.25, 0.3) is 0 Å². The van der Waals surface area contributed by atoms with Gasteiger partial charge >= 0.3 is 0 Å². The summed E-state index contributed by atoms with van der Waals surface area (Å²) >= 11 is 0. The van der Waals surface area contributed by atoms with E-state index >= 15 is 0 Å². The topological polar surface area (TPSA) is 30.5 Å². The highest BCUT2D eigenvalue weighted by atomic mass is 16.5. The Bertz CT molecular complexity index is 460. The van der Waals surface area contributed by atoms with Crippen molar-refractivity contribution >= 4 is 0 Å². The summed E-state index contributed by atoms with van der Waals surface area (Å²) in [6.45, 7) is 3.54. The van der Waals surface area contributed by atoms with Gasteiger partial charge in [0.2, 0.25) is 0 Å². The van der Waals surface area contributed by atoms with Gasteiger partial charge in [0.15, 0.2) is 11.5 Å². The Balaban J connectivity index is 1.66. The molecule has 1 aromatic carbocycles. The smallest absolute Gasteiger partial charge is 0.165 e. The molecule has 1 N–H and O–H groups in total. The summed E-state index contributed by atoms with van der Waals surface area (Å²) in [6, 6.07) is 6.85. The Morgan fingerprint density at radius 3 is 2.80 bits per heavy atom. The molecule has 3 atom stereocenters. The molecule has 20 heavy (non-hydrogen) atoms. The quantitative estimate of drug-likeness (QED) is 0.863. The summed E-state index contributed by atoms with van der Waals surface area (Å²) in [7, 11) is 1.72. The van der Waals surface area contributed by atoms with Crippen molar-refractivity contribution in [2.45, 2.75) is 45.2 Å². The summed E-state index contributed by atoms with van der Waals surface area (Å²) in [5, 5.41) is 3.74. The number of ether oxygens (including phenoxy) is 2. The van der Waals surface area contributed by atoms with E-state index in [0.29, 0.717) is 12.6 Å². The third-order valence-corrected chi connectivity index (χ3v) is 4.86. The molecule has 0 saturated heterocycles. The van der Waals surface area contributed by atoms with Crippen molar-refractivity contribution in [1.29, 1.82) is 0 Å². The molecular weight excluding hydrogens is 250 g/mol. The lowest BCUT2D eigenvalue weighted by molar-refractivity contribution is 0.306. The zero-order chi connectivity index (χ0) is 13.9. The van der Waals surface area contributed by atoms with Crippen LogP contribution in [0.25, 0.3) is 0 Å². The van der Waals surface area contributed by atoms with Gasteiger partial charge in [-0.3, -0.25) is 0 Å². The molecule has 0 amide bonds. The molecule has 3 heteroatoms. The number of nitrogens with one attached hydrogen (secondary N) is 1. The number of methoxy groups -OCH3 is 1. The SMILES string of the molecule is CCOc1cccc(CNC2CC3CCC2C3)c1OC. The highest BCUT2D eigenvalue weighted by Gasteiger charge is 2.39. The van der Waals surface area contributed by atoms with Crippen molar-refractivity contribution in [3.8, 4) is 11.5 Å². The molecule has 0 spiro atoms. The van der Waals surface area contributed by atoms with Gasteiger partial charge in [-0.05, 0) is 44.1 Å². The molecule has 1 aromatic rings. The van der Waals surface area contributed by atoms with E-state index in [2.05, 4.69) is 11.4 Å². The van der Waals surface area contributed by atoms with Crippen molar-refractivity contribution < 1.29 is 9.47 Å². The van der Waals surface area contributed by atoms with E-state index in [4.69, 9.17) is 9.47 Å². The maximum atomic E-state index is 5.64. The Kier molecular flexibility index (Phi) is 4.16. The number of hydrogen-bond donors (Lipinski definition) is 1. The summed E-state index contributed by atoms with van der Waals surface area (Å²) in [5.74, 6) is 3.61. The van der Waals surface area contributed by atoms with E-state index in [1.807, 2.05) is 19.1 Å². The number of rotatable bonds is 6. The van der Waals surface area contributed by atoms with Gasteiger partial charge in [0.05, 0.1) is 13.7 Å². The van der Waals surface area contributed by atoms with Gasteiger partial charge < -0.3 is 14.8 Å². The van der Waals surface area contributed by atoms with Crippen molar-refractivity contribution in [2.24, 2.45) is 11.8 Å². The number of para-hydroxylation sites is 1. The van der Waals surface area contributed by atoms with Crippen LogP contribution in [-0.2, 0) is 6.54 Å². The van der Waals surface area contributed by atoms with Crippen LogP contribution >= 0.6 is 0 Å². The molecule has 0 aromatic heterocycles. The molecule has 2 aliphatic carbocycles. The van der Waals surface area contributed by atoms with Crippen LogP contribution in [0.3, 0.4) is 0 Å². The van der Waals surface area contributed by atoms with E-state index in [0.717, 1.165) is 29.9 Å². The van der Waals surface area contributed by atoms with Crippen molar-refractivity contribution in [3.63, 3.8) is 0 Å². The highest BCUT2D eigenvalue weighted by molar-refractivity contribution is 5.46. The fourth-order valence-electron chi connectivity index (χ4n) is 3.94. The Morgan fingerprint density at radius 2 is 2.15 bits per heavy atom. The van der Waals surface area contributed by atoms with E-state index in [1.54, 1.807) is 7.11 Å². The minimum absolute atomic E-state index is 0.666. The highest BCUT2D eigenvalue weighted by Crippen LogP contribution is 2.44. The molecule has 2 bridgehead atoms. The third-order valence-electron chi connectivity index (χ3n) is 4.86. The van der Waals surface area contributed by atoms with Crippen LogP contribution in [0, 0.1) is 11.8 Å². The predicted octanol–water partition coefficient (Wildman–Crippen LogP) is 3.37. The van der Waals surface area contributed by atoms with E-state index in [9.17, 15) is 0 Å². The lowest BCUT2D eigenvalue weighted by Crippen LogP contribution is -2.33. The monoisotopic (exact) mass is 275 g/mol. The first-order chi connectivity index (χ1) is 9.81. The standard InChI is InChI=1S/C17H25NO2/c1-3-20-16-6-4-5-14(17(16)19-2)11-18-15-10-12-7-8-13(15)9-12/h4-6,12-13,15,18H,3,7-11H2,1-2H3. The number of hydrogen-bond acceptors (Lipinski definition) is 3. The average molecular weight is 275 g/mol. The molecule has 2 aliphatic rings. The van der Waals surface area contributed by atoms with Gasteiger partial charge in [-0.2, -0.15) is 0 Å². The van der Waals surface area contributed by atoms with Crippen LogP contribution in [0.2, 0.25) is 0 Å². The minimum Gasteiger partial charge on any atom is -0.493 e. The summed E-state index contributed by atoms with van der Waals surface area (Å²) in [6.07, 6.45) is 5.66. The normalized spacial score (nSPS) is 27.8. The van der Waals surface area contributed by atoms with E-state index in [1.165, 1.54) is 31.2 Å². The zero-order valence-electron chi connectivity index (χ0n) is 12.5. The van der Waals surface area contributed by atoms with Crippen molar-refractivity contribution in [2.75, 3.05) is 13.7 Å². The first kappa shape index (κ1) is 13.7. The van der Waals surface area contributed by atoms with Gasteiger partial charge in [-0.1, -0.05) is 18.6 Å². The molecule has 0 radical (unpaired) electrons. The predicted molar refractivity (Wildman–Crippen MR) is 80.2 cm³/mol. The van der Waals surface area contributed by atoms with Crippen LogP contribution < -0.4 is 14.8 Å². The molecular formula is C17H25NO2. The minimum atomic E-state index is 0.666. The van der Waals surface area contributed by atoms with Gasteiger partial charge in [0, 0.05) is 18.2 Å². The lowest BCUT2D eigenvalue weighted by atomic mass is 9.95. The largest absolute Gasteiger partial charge is 0.493 e. The van der Waals surface area contributed by atoms with Crippen molar-refractivity contribution in [3.05, 3.63) is 23.8 Å². The Morgan fingerprint density at radius 1 is 1.25 bits per heavy atom. The fourth-order valence-corrected chi connectivity index (χ4v) is 3.94. The number of benzene rings is 1. The van der Waals surface area contributed by atoms with Crippen LogP contribution in [0.4, 0.5) is 0 Å². The van der Waals surface area contributed by atoms with E-state index in [-0.39, 0.29) is 0 Å². The van der Waals surface area contributed by atoms with Crippen LogP contribution in [0.1, 0.15) is 38.2 Å². The summed E-state index contributed by atoms with van der Waals surface area (Å²) in [5.41, 5.74) is 1.20. The Hall–Kier alpha value is -1.22. The average Bonchev–Trinajstić information content (AvgIpc) is 3.08. The molecule has 0 aliphatic heterocycles. The second kappa shape index (κ2) is 6.04. The Labute approximate surface area is 121 Å². The van der Waals surface area contributed by atoms with Crippen LogP contribution in [0.5, 0.6) is 11.5 Å². The maximum absolute atomic E-state index is 5.64. The summed E-state index contributed by atoms with van der Waals surface area (Å²) in [4.78, 5) is 0. The first-order valence-electron chi connectivity index (χ1n) is 7.83. The molecule has 110 valence electrons. The first-order valence-corrected chi connectivity index (χ1v) is 7.83. The van der Waals surface area contributed by atoms with E-state index < -0.39 is 0 Å². The lowest BCUT2D eigenvalue weighted by Gasteiger charge is -2.23.